The Morgan fingerprint density at radius 3 is 2.87 bits per heavy atom. The second kappa shape index (κ2) is 4.08. The Morgan fingerprint density at radius 2 is 2.27 bits per heavy atom. The van der Waals surface area contributed by atoms with Crippen molar-refractivity contribution in [1.29, 1.82) is 0 Å². The summed E-state index contributed by atoms with van der Waals surface area (Å²) >= 11 is 3.10. The molecule has 1 aromatic heterocycles. The van der Waals surface area contributed by atoms with E-state index in [0.717, 1.165) is 5.56 Å². The van der Waals surface area contributed by atoms with Crippen LogP contribution in [0.4, 0.5) is 4.39 Å². The average molecular weight is 271 g/mol. The molecule has 0 aliphatic heterocycles. The minimum Gasteiger partial charge on any atom is -0.324 e. The first kappa shape index (κ1) is 10.3. The molecule has 0 radical (unpaired) electrons. The zero-order valence-electron chi connectivity index (χ0n) is 7.67. The largest absolute Gasteiger partial charge is 0.324 e. The highest BCUT2D eigenvalue weighted by atomic mass is 79.9. The Labute approximate surface area is 93.8 Å². The van der Waals surface area contributed by atoms with Gasteiger partial charge in [-0.15, -0.1) is 0 Å². The first-order valence-electron chi connectivity index (χ1n) is 4.27. The summed E-state index contributed by atoms with van der Waals surface area (Å²) in [6, 6.07) is 4.60. The summed E-state index contributed by atoms with van der Waals surface area (Å²) < 4.78 is 13.4. The van der Waals surface area contributed by atoms with Crippen molar-refractivity contribution in [2.45, 2.75) is 6.54 Å². The van der Waals surface area contributed by atoms with Gasteiger partial charge in [0.15, 0.2) is 5.82 Å². The summed E-state index contributed by atoms with van der Waals surface area (Å²) in [5.74, 6) is 0.801. The lowest BCUT2D eigenvalue weighted by molar-refractivity contribution is 0.621. The monoisotopic (exact) mass is 270 g/mol. The van der Waals surface area contributed by atoms with Gasteiger partial charge in [-0.25, -0.2) is 9.37 Å². The van der Waals surface area contributed by atoms with Crippen LogP contribution < -0.4 is 5.73 Å². The lowest BCUT2D eigenvalue weighted by Gasteiger charge is -1.97. The van der Waals surface area contributed by atoms with Gasteiger partial charge in [-0.2, -0.15) is 5.10 Å². The van der Waals surface area contributed by atoms with E-state index >= 15 is 0 Å². The lowest BCUT2D eigenvalue weighted by Crippen LogP contribution is -1.97. The third-order valence-corrected chi connectivity index (χ3v) is 2.51. The van der Waals surface area contributed by atoms with E-state index in [4.69, 9.17) is 5.73 Å². The molecule has 0 saturated carbocycles. The Balaban J connectivity index is 2.40. The van der Waals surface area contributed by atoms with E-state index in [1.807, 2.05) is 0 Å². The molecule has 78 valence electrons. The van der Waals surface area contributed by atoms with Gasteiger partial charge < -0.3 is 5.73 Å². The predicted octanol–water partition coefficient (Wildman–Crippen LogP) is 1.83. The van der Waals surface area contributed by atoms with Gasteiger partial charge in [0, 0.05) is 5.56 Å². The van der Waals surface area contributed by atoms with Crippen molar-refractivity contribution in [3.63, 3.8) is 0 Å². The van der Waals surface area contributed by atoms with Crippen molar-refractivity contribution in [2.24, 2.45) is 5.73 Å². The van der Waals surface area contributed by atoms with E-state index in [0.29, 0.717) is 22.7 Å². The molecule has 2 aromatic rings. The van der Waals surface area contributed by atoms with Gasteiger partial charge in [-0.3, -0.25) is 5.10 Å². The molecule has 0 aliphatic carbocycles. The highest BCUT2D eigenvalue weighted by Gasteiger charge is 2.07. The van der Waals surface area contributed by atoms with E-state index in [2.05, 4.69) is 31.1 Å². The van der Waals surface area contributed by atoms with Gasteiger partial charge in [0.05, 0.1) is 11.0 Å². The van der Waals surface area contributed by atoms with Crippen LogP contribution in [0, 0.1) is 5.82 Å². The smallest absolute Gasteiger partial charge is 0.181 e. The van der Waals surface area contributed by atoms with Crippen LogP contribution in [-0.2, 0) is 6.54 Å². The summed E-state index contributed by atoms with van der Waals surface area (Å²) in [5.41, 5.74) is 6.13. The molecule has 2 rings (SSSR count). The molecule has 3 N–H and O–H groups in total. The Kier molecular flexibility index (Phi) is 2.79. The van der Waals surface area contributed by atoms with E-state index in [1.54, 1.807) is 12.1 Å². The average Bonchev–Trinajstić information content (AvgIpc) is 2.70. The number of nitrogens with zero attached hydrogens (tertiary/aromatic N) is 2. The van der Waals surface area contributed by atoms with Gasteiger partial charge >= 0.3 is 0 Å². The summed E-state index contributed by atoms with van der Waals surface area (Å²) in [6.07, 6.45) is 0. The van der Waals surface area contributed by atoms with Crippen LogP contribution in [0.25, 0.3) is 11.4 Å². The summed E-state index contributed by atoms with van der Waals surface area (Å²) in [4.78, 5) is 4.13. The number of benzene rings is 1. The number of nitrogens with two attached hydrogens (primary N) is 1. The summed E-state index contributed by atoms with van der Waals surface area (Å²) in [6.45, 7) is 0.301. The van der Waals surface area contributed by atoms with Gasteiger partial charge in [0.2, 0.25) is 0 Å². The zero-order valence-corrected chi connectivity index (χ0v) is 9.25. The maximum Gasteiger partial charge on any atom is 0.181 e. The highest BCUT2D eigenvalue weighted by Crippen LogP contribution is 2.22. The van der Waals surface area contributed by atoms with Crippen molar-refractivity contribution in [1.82, 2.24) is 15.2 Å². The standard InChI is InChI=1S/C9H8BrFN4/c10-6-3-5(1-2-7(6)11)9-13-8(4-12)14-15-9/h1-3H,4,12H2,(H,13,14,15). The second-order valence-corrected chi connectivity index (χ2v) is 3.79. The Bertz CT molecular complexity index is 483. The fourth-order valence-corrected chi connectivity index (χ4v) is 1.53. The molecular formula is C9H8BrFN4. The highest BCUT2D eigenvalue weighted by molar-refractivity contribution is 9.10. The molecule has 0 spiro atoms. The normalized spacial score (nSPS) is 10.6. The van der Waals surface area contributed by atoms with Gasteiger partial charge in [0.25, 0.3) is 0 Å². The summed E-state index contributed by atoms with van der Waals surface area (Å²) in [7, 11) is 0. The molecular weight excluding hydrogens is 263 g/mol. The van der Waals surface area contributed by atoms with Crippen LogP contribution in [0.15, 0.2) is 22.7 Å². The number of H-pyrrole nitrogens is 1. The number of aromatic amines is 1. The van der Waals surface area contributed by atoms with Crippen molar-refractivity contribution in [2.75, 3.05) is 0 Å². The van der Waals surface area contributed by atoms with Crippen LogP contribution in [0.5, 0.6) is 0 Å². The van der Waals surface area contributed by atoms with Gasteiger partial charge in [-0.1, -0.05) is 0 Å². The molecule has 0 amide bonds. The van der Waals surface area contributed by atoms with E-state index in [9.17, 15) is 4.39 Å². The summed E-state index contributed by atoms with van der Waals surface area (Å²) in [5, 5.41) is 6.66. The van der Waals surface area contributed by atoms with Crippen LogP contribution in [0.3, 0.4) is 0 Å². The minimum atomic E-state index is -0.312. The molecule has 0 atom stereocenters. The number of nitrogens with one attached hydrogen (secondary N) is 1. The van der Waals surface area contributed by atoms with Crippen molar-refractivity contribution in [3.8, 4) is 11.4 Å². The maximum absolute atomic E-state index is 13.0. The maximum atomic E-state index is 13.0. The Morgan fingerprint density at radius 1 is 1.47 bits per heavy atom. The van der Waals surface area contributed by atoms with Gasteiger partial charge in [0.1, 0.15) is 11.6 Å². The third kappa shape index (κ3) is 2.05. The van der Waals surface area contributed by atoms with E-state index in [-0.39, 0.29) is 5.82 Å². The fraction of sp³-hybridized carbons (Fsp3) is 0.111. The topological polar surface area (TPSA) is 67.6 Å². The van der Waals surface area contributed by atoms with Crippen LogP contribution in [-0.4, -0.2) is 15.2 Å². The zero-order chi connectivity index (χ0) is 10.8. The molecule has 6 heteroatoms. The SMILES string of the molecule is NCc1nc(-c2ccc(F)c(Br)c2)n[nH]1. The third-order valence-electron chi connectivity index (χ3n) is 1.90. The molecule has 0 fully saturated rings. The molecule has 15 heavy (non-hydrogen) atoms. The fourth-order valence-electron chi connectivity index (χ4n) is 1.15. The molecule has 0 unspecified atom stereocenters. The van der Waals surface area contributed by atoms with Crippen molar-refractivity contribution < 1.29 is 4.39 Å². The lowest BCUT2D eigenvalue weighted by atomic mass is 10.2. The number of halogens is 2. The molecule has 0 aliphatic rings. The van der Waals surface area contributed by atoms with Gasteiger partial charge in [-0.05, 0) is 34.1 Å². The number of hydrogen-bond donors (Lipinski definition) is 2. The minimum absolute atomic E-state index is 0.301. The van der Waals surface area contributed by atoms with Crippen molar-refractivity contribution >= 4 is 15.9 Å². The number of rotatable bonds is 2. The van der Waals surface area contributed by atoms with Crippen molar-refractivity contribution in [3.05, 3.63) is 34.3 Å². The van der Waals surface area contributed by atoms with Crippen LogP contribution in [0.2, 0.25) is 0 Å². The van der Waals surface area contributed by atoms with E-state index in [1.165, 1.54) is 6.07 Å². The molecule has 1 heterocycles. The molecule has 0 saturated heterocycles. The Hall–Kier alpha value is -1.27. The van der Waals surface area contributed by atoms with Crippen LogP contribution >= 0.6 is 15.9 Å². The second-order valence-electron chi connectivity index (χ2n) is 2.94. The quantitative estimate of drug-likeness (QED) is 0.875. The molecule has 0 bridgehead atoms. The predicted molar refractivity (Wildman–Crippen MR) is 57.4 cm³/mol. The number of hydrogen-bond acceptors (Lipinski definition) is 3. The molecule has 4 nitrogen and oxygen atoms in total. The molecule has 1 aromatic carbocycles. The first-order chi connectivity index (χ1) is 7.20. The van der Waals surface area contributed by atoms with Crippen LogP contribution in [0.1, 0.15) is 5.82 Å². The van der Waals surface area contributed by atoms with E-state index < -0.39 is 0 Å². The first-order valence-corrected chi connectivity index (χ1v) is 5.07. The number of aromatic nitrogens is 3.